The zero-order chi connectivity index (χ0) is 19.1. The van der Waals surface area contributed by atoms with Gasteiger partial charge in [-0.15, -0.1) is 0 Å². The van der Waals surface area contributed by atoms with Gasteiger partial charge >= 0.3 is 0 Å². The number of hydrogen-bond acceptors (Lipinski definition) is 5. The number of ether oxygens (including phenoxy) is 1. The SMILES string of the molecule is CCOc1ccc(Nc2cc(C)nc(NCCc3ccc(Cl)cc3)n2)cc1. The standard InChI is InChI=1S/C21H23ClN4O/c1-3-27-19-10-8-18(9-11-19)25-20-14-15(2)24-21(26-20)23-13-12-16-4-6-17(22)7-5-16/h4-11,14H,3,12-13H2,1-2H3,(H2,23,24,25,26). The molecule has 5 nitrogen and oxygen atoms in total. The third kappa shape index (κ3) is 5.86. The lowest BCUT2D eigenvalue weighted by Gasteiger charge is -2.11. The van der Waals surface area contributed by atoms with Crippen LogP contribution >= 0.6 is 11.6 Å². The number of benzene rings is 2. The Morgan fingerprint density at radius 2 is 1.74 bits per heavy atom. The summed E-state index contributed by atoms with van der Waals surface area (Å²) in [6.45, 7) is 5.32. The highest BCUT2D eigenvalue weighted by molar-refractivity contribution is 6.30. The van der Waals surface area contributed by atoms with Gasteiger partial charge < -0.3 is 15.4 Å². The van der Waals surface area contributed by atoms with Crippen LogP contribution < -0.4 is 15.4 Å². The molecule has 3 aromatic rings. The quantitative estimate of drug-likeness (QED) is 0.558. The van der Waals surface area contributed by atoms with Gasteiger partial charge in [-0.2, -0.15) is 4.98 Å². The predicted molar refractivity (Wildman–Crippen MR) is 111 cm³/mol. The van der Waals surface area contributed by atoms with Crippen molar-refractivity contribution in [2.24, 2.45) is 0 Å². The number of rotatable bonds is 8. The first-order valence-electron chi connectivity index (χ1n) is 8.96. The molecule has 27 heavy (non-hydrogen) atoms. The minimum absolute atomic E-state index is 0.609. The van der Waals surface area contributed by atoms with Crippen LogP contribution in [0.15, 0.2) is 54.6 Å². The van der Waals surface area contributed by atoms with Crippen molar-refractivity contribution in [1.29, 1.82) is 0 Å². The summed E-state index contributed by atoms with van der Waals surface area (Å²) in [7, 11) is 0. The van der Waals surface area contributed by atoms with Gasteiger partial charge in [0.1, 0.15) is 11.6 Å². The van der Waals surface area contributed by atoms with Crippen molar-refractivity contribution in [1.82, 2.24) is 9.97 Å². The van der Waals surface area contributed by atoms with Gasteiger partial charge in [-0.3, -0.25) is 0 Å². The molecule has 2 N–H and O–H groups in total. The maximum atomic E-state index is 5.92. The summed E-state index contributed by atoms with van der Waals surface area (Å²) in [5, 5.41) is 7.34. The van der Waals surface area contributed by atoms with Gasteiger partial charge in [0.15, 0.2) is 0 Å². The van der Waals surface area contributed by atoms with Crippen molar-refractivity contribution in [3.05, 3.63) is 70.9 Å². The first kappa shape index (κ1) is 19.0. The molecule has 0 fully saturated rings. The summed E-state index contributed by atoms with van der Waals surface area (Å²) in [5.74, 6) is 2.21. The molecule has 0 saturated heterocycles. The van der Waals surface area contributed by atoms with Gasteiger partial charge in [-0.25, -0.2) is 4.98 Å². The number of nitrogens with zero attached hydrogens (tertiary/aromatic N) is 2. The summed E-state index contributed by atoms with van der Waals surface area (Å²) < 4.78 is 5.47. The topological polar surface area (TPSA) is 59.1 Å². The lowest BCUT2D eigenvalue weighted by atomic mass is 10.1. The number of anilines is 3. The maximum absolute atomic E-state index is 5.92. The van der Waals surface area contributed by atoms with Gasteiger partial charge in [0.2, 0.25) is 5.95 Å². The molecule has 0 amide bonds. The Balaban J connectivity index is 1.60. The molecule has 140 valence electrons. The van der Waals surface area contributed by atoms with Crippen LogP contribution in [0.5, 0.6) is 5.75 Å². The highest BCUT2D eigenvalue weighted by Gasteiger charge is 2.04. The third-order valence-electron chi connectivity index (χ3n) is 3.90. The van der Waals surface area contributed by atoms with Crippen molar-refractivity contribution >= 4 is 29.1 Å². The van der Waals surface area contributed by atoms with E-state index in [1.54, 1.807) is 0 Å². The zero-order valence-corrected chi connectivity index (χ0v) is 16.3. The van der Waals surface area contributed by atoms with Gasteiger partial charge in [-0.1, -0.05) is 23.7 Å². The molecule has 0 aliphatic carbocycles. The first-order valence-corrected chi connectivity index (χ1v) is 9.34. The van der Waals surface area contributed by atoms with E-state index in [0.717, 1.165) is 40.9 Å². The molecule has 0 radical (unpaired) electrons. The third-order valence-corrected chi connectivity index (χ3v) is 4.15. The van der Waals surface area contributed by atoms with Crippen LogP contribution in [0.25, 0.3) is 0 Å². The monoisotopic (exact) mass is 382 g/mol. The molecule has 0 unspecified atom stereocenters. The van der Waals surface area contributed by atoms with Gasteiger partial charge in [0, 0.05) is 29.0 Å². The molecule has 3 rings (SSSR count). The van der Waals surface area contributed by atoms with E-state index in [1.165, 1.54) is 5.56 Å². The fourth-order valence-electron chi connectivity index (χ4n) is 2.63. The lowest BCUT2D eigenvalue weighted by Crippen LogP contribution is -2.09. The molecule has 0 aliphatic heterocycles. The van der Waals surface area contributed by atoms with E-state index in [-0.39, 0.29) is 0 Å². The van der Waals surface area contributed by atoms with E-state index in [2.05, 4.69) is 20.6 Å². The highest BCUT2D eigenvalue weighted by Crippen LogP contribution is 2.20. The Morgan fingerprint density at radius 3 is 2.44 bits per heavy atom. The minimum Gasteiger partial charge on any atom is -0.494 e. The molecule has 0 saturated carbocycles. The van der Waals surface area contributed by atoms with Crippen LogP contribution in [0.1, 0.15) is 18.2 Å². The largest absolute Gasteiger partial charge is 0.494 e. The fourth-order valence-corrected chi connectivity index (χ4v) is 2.76. The Hall–Kier alpha value is -2.79. The van der Waals surface area contributed by atoms with Crippen molar-refractivity contribution in [3.63, 3.8) is 0 Å². The Morgan fingerprint density at radius 1 is 1.00 bits per heavy atom. The van der Waals surface area contributed by atoms with Gasteiger partial charge in [0.05, 0.1) is 6.61 Å². The van der Waals surface area contributed by atoms with E-state index in [0.29, 0.717) is 12.6 Å². The molecular formula is C21H23ClN4O. The molecule has 1 aromatic heterocycles. The highest BCUT2D eigenvalue weighted by atomic mass is 35.5. The number of aromatic nitrogens is 2. The van der Waals surface area contributed by atoms with Crippen LogP contribution in [0.4, 0.5) is 17.5 Å². The summed E-state index contributed by atoms with van der Waals surface area (Å²) >= 11 is 5.92. The predicted octanol–water partition coefficient (Wildman–Crippen LogP) is 5.24. The normalized spacial score (nSPS) is 10.5. The van der Waals surface area contributed by atoms with Crippen molar-refractivity contribution in [3.8, 4) is 5.75 Å². The second-order valence-electron chi connectivity index (χ2n) is 6.10. The Bertz CT molecular complexity index is 866. The summed E-state index contributed by atoms with van der Waals surface area (Å²) in [6, 6.07) is 17.6. The summed E-state index contributed by atoms with van der Waals surface area (Å²) in [6.07, 6.45) is 0.871. The second-order valence-corrected chi connectivity index (χ2v) is 6.54. The van der Waals surface area contributed by atoms with Gasteiger partial charge in [0.25, 0.3) is 0 Å². The van der Waals surface area contributed by atoms with Crippen molar-refractivity contribution in [2.75, 3.05) is 23.8 Å². The number of aryl methyl sites for hydroxylation is 1. The van der Waals surface area contributed by atoms with E-state index >= 15 is 0 Å². The van der Waals surface area contributed by atoms with E-state index in [9.17, 15) is 0 Å². The lowest BCUT2D eigenvalue weighted by molar-refractivity contribution is 0.340. The van der Waals surface area contributed by atoms with Gasteiger partial charge in [-0.05, 0) is 62.2 Å². The molecule has 1 heterocycles. The number of hydrogen-bond donors (Lipinski definition) is 2. The zero-order valence-electron chi connectivity index (χ0n) is 15.5. The maximum Gasteiger partial charge on any atom is 0.224 e. The van der Waals surface area contributed by atoms with E-state index < -0.39 is 0 Å². The Kier molecular flexibility index (Phi) is 6.49. The number of halogens is 1. The first-order chi connectivity index (χ1) is 13.1. The summed E-state index contributed by atoms with van der Waals surface area (Å²) in [4.78, 5) is 9.00. The Labute approximate surface area is 164 Å². The van der Waals surface area contributed by atoms with Crippen LogP contribution in [-0.2, 0) is 6.42 Å². The summed E-state index contributed by atoms with van der Waals surface area (Å²) in [5.41, 5.74) is 3.06. The second kappa shape index (κ2) is 9.24. The molecule has 0 aliphatic rings. The minimum atomic E-state index is 0.609. The average molecular weight is 383 g/mol. The fraction of sp³-hybridized carbons (Fsp3) is 0.238. The molecule has 6 heteroatoms. The number of nitrogens with one attached hydrogen (secondary N) is 2. The van der Waals surface area contributed by atoms with Crippen molar-refractivity contribution < 1.29 is 4.74 Å². The smallest absolute Gasteiger partial charge is 0.224 e. The molecule has 0 spiro atoms. The average Bonchev–Trinajstić information content (AvgIpc) is 2.65. The van der Waals surface area contributed by atoms with E-state index in [1.807, 2.05) is 68.4 Å². The van der Waals surface area contributed by atoms with Crippen LogP contribution in [0, 0.1) is 6.92 Å². The molecule has 0 atom stereocenters. The van der Waals surface area contributed by atoms with Crippen LogP contribution in [-0.4, -0.2) is 23.1 Å². The van der Waals surface area contributed by atoms with Crippen molar-refractivity contribution in [2.45, 2.75) is 20.3 Å². The van der Waals surface area contributed by atoms with Crippen LogP contribution in [0.2, 0.25) is 5.02 Å². The molecule has 0 bridgehead atoms. The van der Waals surface area contributed by atoms with Crippen LogP contribution in [0.3, 0.4) is 0 Å². The molecule has 2 aromatic carbocycles. The van der Waals surface area contributed by atoms with E-state index in [4.69, 9.17) is 16.3 Å². The molecular weight excluding hydrogens is 360 g/mol.